The summed E-state index contributed by atoms with van der Waals surface area (Å²) in [5.41, 5.74) is 0. The normalized spacial score (nSPS) is 12.3. The summed E-state index contributed by atoms with van der Waals surface area (Å²) in [6.45, 7) is 6.76. The fraction of sp³-hybridized carbons (Fsp3) is 0.867. The average Bonchev–Trinajstić information content (AvgIpc) is 2.40. The molecule has 1 atom stereocenters. The number of rotatable bonds is 9. The molecule has 0 aromatic carbocycles. The summed E-state index contributed by atoms with van der Waals surface area (Å²) in [5, 5.41) is 0. The van der Waals surface area contributed by atoms with Gasteiger partial charge in [0.2, 0.25) is 11.8 Å². The highest BCUT2D eigenvalue weighted by molar-refractivity contribution is 5.76. The molecule has 20 heavy (non-hydrogen) atoms. The minimum atomic E-state index is 0.137. The molecule has 0 aromatic heterocycles. The van der Waals surface area contributed by atoms with E-state index in [1.165, 1.54) is 0 Å². The molecule has 0 fully saturated rings. The van der Waals surface area contributed by atoms with E-state index >= 15 is 0 Å². The van der Waals surface area contributed by atoms with Gasteiger partial charge in [0.25, 0.3) is 0 Å². The van der Waals surface area contributed by atoms with Crippen LogP contribution in [0.1, 0.15) is 33.1 Å². The lowest BCUT2D eigenvalue weighted by atomic mass is 10.1. The Labute approximate surface area is 123 Å². The first-order valence-corrected chi connectivity index (χ1v) is 7.40. The lowest BCUT2D eigenvalue weighted by Gasteiger charge is -2.26. The van der Waals surface area contributed by atoms with Crippen LogP contribution in [0.15, 0.2) is 0 Å². The second-order valence-electron chi connectivity index (χ2n) is 5.89. The van der Waals surface area contributed by atoms with Gasteiger partial charge in [-0.05, 0) is 5.92 Å². The first-order valence-electron chi connectivity index (χ1n) is 7.40. The molecule has 2 amide bonds. The van der Waals surface area contributed by atoms with Gasteiger partial charge in [-0.3, -0.25) is 9.59 Å². The van der Waals surface area contributed by atoms with E-state index in [1.54, 1.807) is 38.0 Å². The smallest absolute Gasteiger partial charge is 0.223 e. The van der Waals surface area contributed by atoms with E-state index in [2.05, 4.69) is 18.7 Å². The lowest BCUT2D eigenvalue weighted by Crippen LogP contribution is -2.36. The van der Waals surface area contributed by atoms with Gasteiger partial charge in [0.1, 0.15) is 0 Å². The first-order chi connectivity index (χ1) is 9.27. The monoisotopic (exact) mass is 285 g/mol. The highest BCUT2D eigenvalue weighted by atomic mass is 16.2. The Morgan fingerprint density at radius 3 is 1.60 bits per heavy atom. The van der Waals surface area contributed by atoms with Crippen LogP contribution in [0.3, 0.4) is 0 Å². The Hall–Kier alpha value is -1.10. The third kappa shape index (κ3) is 8.15. The number of nitrogens with zero attached hydrogens (tertiary/aromatic N) is 3. The largest absolute Gasteiger partial charge is 0.349 e. The molecule has 0 spiro atoms. The molecule has 0 aliphatic rings. The van der Waals surface area contributed by atoms with Gasteiger partial charge in [-0.15, -0.1) is 0 Å². The van der Waals surface area contributed by atoms with Crippen LogP contribution in [0.4, 0.5) is 0 Å². The van der Waals surface area contributed by atoms with Gasteiger partial charge in [-0.25, -0.2) is 0 Å². The van der Waals surface area contributed by atoms with Crippen molar-refractivity contribution in [1.29, 1.82) is 0 Å². The lowest BCUT2D eigenvalue weighted by molar-refractivity contribution is -0.129. The van der Waals surface area contributed by atoms with Crippen LogP contribution in [0.2, 0.25) is 0 Å². The first kappa shape index (κ1) is 18.9. The maximum absolute atomic E-state index is 11.7. The third-order valence-corrected chi connectivity index (χ3v) is 3.55. The summed E-state index contributed by atoms with van der Waals surface area (Å²) in [5.74, 6) is 0.857. The van der Waals surface area contributed by atoms with Crippen molar-refractivity contribution in [2.24, 2.45) is 5.92 Å². The van der Waals surface area contributed by atoms with Gasteiger partial charge in [-0.2, -0.15) is 0 Å². The summed E-state index contributed by atoms with van der Waals surface area (Å²) in [7, 11) is 7.10. The van der Waals surface area contributed by atoms with Crippen LogP contribution in [0.25, 0.3) is 0 Å². The summed E-state index contributed by atoms with van der Waals surface area (Å²) < 4.78 is 0. The number of hydrogen-bond donors (Lipinski definition) is 0. The van der Waals surface area contributed by atoms with Gasteiger partial charge in [0.05, 0.1) is 0 Å². The number of carbonyl (C=O) groups is 2. The topological polar surface area (TPSA) is 43.9 Å². The Bertz CT molecular complexity index is 279. The number of amides is 2. The van der Waals surface area contributed by atoms with E-state index in [0.717, 1.165) is 26.1 Å². The predicted molar refractivity (Wildman–Crippen MR) is 82.5 cm³/mol. The fourth-order valence-corrected chi connectivity index (χ4v) is 1.82. The Morgan fingerprint density at radius 1 is 0.900 bits per heavy atom. The third-order valence-electron chi connectivity index (χ3n) is 3.55. The molecule has 5 heteroatoms. The van der Waals surface area contributed by atoms with E-state index in [4.69, 9.17) is 0 Å². The Balaban J connectivity index is 4.34. The second kappa shape index (κ2) is 9.75. The van der Waals surface area contributed by atoms with E-state index < -0.39 is 0 Å². The molecule has 0 aromatic rings. The molecule has 0 bridgehead atoms. The van der Waals surface area contributed by atoms with E-state index in [9.17, 15) is 9.59 Å². The molecule has 0 radical (unpaired) electrons. The van der Waals surface area contributed by atoms with Gasteiger partial charge in [-0.1, -0.05) is 20.3 Å². The van der Waals surface area contributed by atoms with Crippen molar-refractivity contribution < 1.29 is 9.59 Å². The van der Waals surface area contributed by atoms with Gasteiger partial charge in [0.15, 0.2) is 0 Å². The molecule has 5 nitrogen and oxygen atoms in total. The minimum absolute atomic E-state index is 0.137. The van der Waals surface area contributed by atoms with Gasteiger partial charge in [0, 0.05) is 60.7 Å². The molecule has 1 unspecified atom stereocenters. The Morgan fingerprint density at radius 2 is 1.30 bits per heavy atom. The zero-order valence-electron chi connectivity index (χ0n) is 14.0. The molecule has 0 rings (SSSR count). The SMILES string of the molecule is CCC(C)CN(CCC(=O)N(C)C)CCC(=O)N(C)C. The van der Waals surface area contributed by atoms with Crippen molar-refractivity contribution in [3.63, 3.8) is 0 Å². The van der Waals surface area contributed by atoms with Crippen molar-refractivity contribution >= 4 is 11.8 Å². The van der Waals surface area contributed by atoms with Crippen molar-refractivity contribution in [3.05, 3.63) is 0 Å². The molecule has 0 saturated heterocycles. The molecule has 118 valence electrons. The van der Waals surface area contributed by atoms with E-state index in [0.29, 0.717) is 18.8 Å². The maximum Gasteiger partial charge on any atom is 0.223 e. The summed E-state index contributed by atoms with van der Waals surface area (Å²) >= 11 is 0. The van der Waals surface area contributed by atoms with Crippen LogP contribution < -0.4 is 0 Å². The standard InChI is InChI=1S/C15H31N3O2/c1-7-13(2)12-18(10-8-14(19)16(3)4)11-9-15(20)17(5)6/h13H,7-12H2,1-6H3. The van der Waals surface area contributed by atoms with Crippen LogP contribution in [0, 0.1) is 5.92 Å². The van der Waals surface area contributed by atoms with Crippen molar-refractivity contribution in [1.82, 2.24) is 14.7 Å². The fourth-order valence-electron chi connectivity index (χ4n) is 1.82. The molecule has 0 aliphatic heterocycles. The van der Waals surface area contributed by atoms with Crippen LogP contribution in [-0.4, -0.2) is 74.3 Å². The quantitative estimate of drug-likeness (QED) is 0.641. The Kier molecular flexibility index (Phi) is 9.21. The van der Waals surface area contributed by atoms with E-state index in [1.807, 2.05) is 0 Å². The zero-order valence-corrected chi connectivity index (χ0v) is 14.0. The van der Waals surface area contributed by atoms with E-state index in [-0.39, 0.29) is 11.8 Å². The maximum atomic E-state index is 11.7. The number of hydrogen-bond acceptors (Lipinski definition) is 3. The molecular weight excluding hydrogens is 254 g/mol. The van der Waals surface area contributed by atoms with Crippen molar-refractivity contribution in [2.75, 3.05) is 47.8 Å². The van der Waals surface area contributed by atoms with Crippen LogP contribution in [0.5, 0.6) is 0 Å². The number of carbonyl (C=O) groups excluding carboxylic acids is 2. The second-order valence-corrected chi connectivity index (χ2v) is 5.89. The van der Waals surface area contributed by atoms with Crippen molar-refractivity contribution in [2.45, 2.75) is 33.1 Å². The summed E-state index contributed by atoms with van der Waals surface area (Å²) in [6.07, 6.45) is 2.14. The average molecular weight is 285 g/mol. The summed E-state index contributed by atoms with van der Waals surface area (Å²) in [4.78, 5) is 28.8. The molecular formula is C15H31N3O2. The van der Waals surface area contributed by atoms with Crippen LogP contribution in [-0.2, 0) is 9.59 Å². The molecule has 0 N–H and O–H groups in total. The minimum Gasteiger partial charge on any atom is -0.349 e. The molecule has 0 heterocycles. The highest BCUT2D eigenvalue weighted by Gasteiger charge is 2.14. The van der Waals surface area contributed by atoms with Gasteiger partial charge >= 0.3 is 0 Å². The molecule has 0 saturated carbocycles. The van der Waals surface area contributed by atoms with Crippen molar-refractivity contribution in [3.8, 4) is 0 Å². The van der Waals surface area contributed by atoms with Crippen LogP contribution >= 0.6 is 0 Å². The zero-order chi connectivity index (χ0) is 15.7. The summed E-state index contributed by atoms with van der Waals surface area (Å²) in [6, 6.07) is 0. The van der Waals surface area contributed by atoms with Gasteiger partial charge < -0.3 is 14.7 Å². The highest BCUT2D eigenvalue weighted by Crippen LogP contribution is 2.07. The predicted octanol–water partition coefficient (Wildman–Crippen LogP) is 1.29. The molecule has 0 aliphatic carbocycles.